The first kappa shape index (κ1) is 13.9. The van der Waals surface area contributed by atoms with Gasteiger partial charge in [-0.25, -0.2) is 9.37 Å². The van der Waals surface area contributed by atoms with Crippen LogP contribution in [0.2, 0.25) is 0 Å². The van der Waals surface area contributed by atoms with Crippen molar-refractivity contribution in [3.8, 4) is 0 Å². The Hall–Kier alpha value is -2.02. The minimum atomic E-state index is -0.966. The molecule has 0 bridgehead atoms. The maximum Gasteiger partial charge on any atom is 0.227 e. The molecule has 2 aromatic rings. The van der Waals surface area contributed by atoms with E-state index in [0.717, 1.165) is 23.2 Å². The van der Waals surface area contributed by atoms with Crippen molar-refractivity contribution in [2.24, 2.45) is 0 Å². The zero-order valence-corrected chi connectivity index (χ0v) is 12.2. The third kappa shape index (κ3) is 2.73. The molecular formula is C14H19FN6. The monoisotopic (exact) mass is 290 g/mol. The summed E-state index contributed by atoms with van der Waals surface area (Å²) >= 11 is 0. The fourth-order valence-electron chi connectivity index (χ4n) is 2.72. The lowest BCUT2D eigenvalue weighted by molar-refractivity contribution is 0.244. The van der Waals surface area contributed by atoms with Crippen LogP contribution in [0.25, 0.3) is 11.0 Å². The fourth-order valence-corrected chi connectivity index (χ4v) is 2.72. The first-order chi connectivity index (χ1) is 10.0. The Bertz CT molecular complexity index is 674. The minimum absolute atomic E-state index is 0.297. The average molecular weight is 290 g/mol. The van der Waals surface area contributed by atoms with Crippen molar-refractivity contribution in [2.75, 3.05) is 24.1 Å². The molecule has 0 spiro atoms. The van der Waals surface area contributed by atoms with Crippen molar-refractivity contribution in [2.45, 2.75) is 32.5 Å². The number of aryl methyl sites for hydroxylation is 2. The zero-order chi connectivity index (χ0) is 15.0. The van der Waals surface area contributed by atoms with Crippen molar-refractivity contribution in [3.05, 3.63) is 17.3 Å². The molecule has 7 heteroatoms. The standard InChI is InChI=1S/C14H19FN6/c1-7-5-8(2)18-13-11(7)12(16)20-14(21-13)19-10-3-4-17-6-9(10)15/h5,9-10,17H,3-4,6H2,1-2H3,(H3,16,18,19,20,21)/t9-,10-/m0/s1. The molecule has 0 amide bonds. The molecule has 2 aromatic heterocycles. The highest BCUT2D eigenvalue weighted by Crippen LogP contribution is 2.23. The van der Waals surface area contributed by atoms with E-state index in [2.05, 4.69) is 25.6 Å². The predicted molar refractivity (Wildman–Crippen MR) is 81.0 cm³/mol. The summed E-state index contributed by atoms with van der Waals surface area (Å²) in [5, 5.41) is 6.82. The Balaban J connectivity index is 1.96. The number of pyridine rings is 1. The number of nitrogen functional groups attached to an aromatic ring is 1. The van der Waals surface area contributed by atoms with E-state index in [1.165, 1.54) is 0 Å². The van der Waals surface area contributed by atoms with Gasteiger partial charge < -0.3 is 16.4 Å². The van der Waals surface area contributed by atoms with Crippen LogP contribution in [0.4, 0.5) is 16.2 Å². The van der Waals surface area contributed by atoms with Gasteiger partial charge in [-0.15, -0.1) is 0 Å². The van der Waals surface area contributed by atoms with Crippen LogP contribution in [0.15, 0.2) is 6.07 Å². The van der Waals surface area contributed by atoms with Gasteiger partial charge in [-0.05, 0) is 38.4 Å². The molecule has 4 N–H and O–H groups in total. The Morgan fingerprint density at radius 1 is 1.33 bits per heavy atom. The van der Waals surface area contributed by atoms with Crippen LogP contribution in [-0.4, -0.2) is 40.3 Å². The number of nitrogens with one attached hydrogen (secondary N) is 2. The number of nitrogens with zero attached hydrogens (tertiary/aromatic N) is 3. The molecule has 112 valence electrons. The van der Waals surface area contributed by atoms with Crippen molar-refractivity contribution in [1.29, 1.82) is 0 Å². The van der Waals surface area contributed by atoms with E-state index in [9.17, 15) is 4.39 Å². The van der Waals surface area contributed by atoms with Crippen LogP contribution in [0.3, 0.4) is 0 Å². The molecular weight excluding hydrogens is 271 g/mol. The molecule has 0 aliphatic carbocycles. The fraction of sp³-hybridized carbons (Fsp3) is 0.500. The van der Waals surface area contributed by atoms with Crippen LogP contribution in [0.1, 0.15) is 17.7 Å². The van der Waals surface area contributed by atoms with Gasteiger partial charge in [-0.3, -0.25) is 0 Å². The SMILES string of the molecule is Cc1cc(C)c2c(N)nc(N[C@H]3CCNC[C@@H]3F)nc2n1. The lowest BCUT2D eigenvalue weighted by Crippen LogP contribution is -2.45. The van der Waals surface area contributed by atoms with Gasteiger partial charge in [0.1, 0.15) is 12.0 Å². The Labute approximate surface area is 122 Å². The molecule has 0 radical (unpaired) electrons. The number of anilines is 2. The highest BCUT2D eigenvalue weighted by molar-refractivity contribution is 5.89. The van der Waals surface area contributed by atoms with Crippen LogP contribution >= 0.6 is 0 Å². The molecule has 1 fully saturated rings. The molecule has 3 heterocycles. The van der Waals surface area contributed by atoms with E-state index < -0.39 is 6.17 Å². The molecule has 2 atom stereocenters. The van der Waals surface area contributed by atoms with Crippen molar-refractivity contribution < 1.29 is 4.39 Å². The Kier molecular flexibility index (Phi) is 3.59. The average Bonchev–Trinajstić information content (AvgIpc) is 2.40. The molecule has 0 aromatic carbocycles. The van der Waals surface area contributed by atoms with Crippen LogP contribution in [0, 0.1) is 13.8 Å². The third-order valence-electron chi connectivity index (χ3n) is 3.74. The number of hydrogen-bond acceptors (Lipinski definition) is 6. The van der Waals surface area contributed by atoms with Gasteiger partial charge >= 0.3 is 0 Å². The summed E-state index contributed by atoms with van der Waals surface area (Å²) < 4.78 is 13.8. The predicted octanol–water partition coefficient (Wildman–Crippen LogP) is 1.34. The second-order valence-corrected chi connectivity index (χ2v) is 5.47. The zero-order valence-electron chi connectivity index (χ0n) is 12.2. The summed E-state index contributed by atoms with van der Waals surface area (Å²) in [7, 11) is 0. The summed E-state index contributed by atoms with van der Waals surface area (Å²) in [5.41, 5.74) is 8.42. The van der Waals surface area contributed by atoms with Gasteiger partial charge in [0.25, 0.3) is 0 Å². The van der Waals surface area contributed by atoms with Gasteiger partial charge in [-0.2, -0.15) is 9.97 Å². The maximum absolute atomic E-state index is 13.8. The number of rotatable bonds is 2. The van der Waals surface area contributed by atoms with Crippen LogP contribution in [0.5, 0.6) is 0 Å². The number of hydrogen-bond donors (Lipinski definition) is 3. The molecule has 1 aliphatic heterocycles. The lowest BCUT2D eigenvalue weighted by Gasteiger charge is -2.27. The second kappa shape index (κ2) is 5.40. The van der Waals surface area contributed by atoms with E-state index in [4.69, 9.17) is 5.73 Å². The van der Waals surface area contributed by atoms with Gasteiger partial charge in [0.05, 0.1) is 11.4 Å². The van der Waals surface area contributed by atoms with Gasteiger partial charge in [0.2, 0.25) is 5.95 Å². The topological polar surface area (TPSA) is 88.8 Å². The first-order valence-electron chi connectivity index (χ1n) is 7.07. The highest BCUT2D eigenvalue weighted by atomic mass is 19.1. The van der Waals surface area contributed by atoms with E-state index in [1.54, 1.807) is 0 Å². The largest absolute Gasteiger partial charge is 0.383 e. The van der Waals surface area contributed by atoms with Crippen molar-refractivity contribution in [1.82, 2.24) is 20.3 Å². The first-order valence-corrected chi connectivity index (χ1v) is 7.07. The smallest absolute Gasteiger partial charge is 0.227 e. The van der Waals surface area contributed by atoms with Gasteiger partial charge in [-0.1, -0.05) is 0 Å². The van der Waals surface area contributed by atoms with Crippen molar-refractivity contribution >= 4 is 22.8 Å². The van der Waals surface area contributed by atoms with E-state index >= 15 is 0 Å². The Morgan fingerprint density at radius 2 is 2.14 bits per heavy atom. The molecule has 0 unspecified atom stereocenters. The van der Waals surface area contributed by atoms with Gasteiger partial charge in [0, 0.05) is 12.2 Å². The summed E-state index contributed by atoms with van der Waals surface area (Å²) in [5.74, 6) is 0.712. The number of piperidine rings is 1. The normalized spacial score (nSPS) is 22.4. The summed E-state index contributed by atoms with van der Waals surface area (Å²) in [6.45, 7) is 4.98. The second-order valence-electron chi connectivity index (χ2n) is 5.47. The Morgan fingerprint density at radius 3 is 2.90 bits per heavy atom. The van der Waals surface area contributed by atoms with Crippen LogP contribution < -0.4 is 16.4 Å². The summed E-state index contributed by atoms with van der Waals surface area (Å²) in [4.78, 5) is 13.0. The maximum atomic E-state index is 13.8. The molecule has 3 rings (SSSR count). The molecule has 0 saturated carbocycles. The van der Waals surface area contributed by atoms with Crippen molar-refractivity contribution in [3.63, 3.8) is 0 Å². The third-order valence-corrected chi connectivity index (χ3v) is 3.74. The summed E-state index contributed by atoms with van der Waals surface area (Å²) in [6.07, 6.45) is -0.283. The number of aromatic nitrogens is 3. The number of fused-ring (bicyclic) bond motifs is 1. The summed E-state index contributed by atoms with van der Waals surface area (Å²) in [6, 6.07) is 1.65. The van der Waals surface area contributed by atoms with Gasteiger partial charge in [0.15, 0.2) is 5.65 Å². The number of halogens is 1. The van der Waals surface area contributed by atoms with E-state index in [1.807, 2.05) is 19.9 Å². The number of nitrogens with two attached hydrogens (primary N) is 1. The molecule has 1 saturated heterocycles. The van der Waals surface area contributed by atoms with E-state index in [0.29, 0.717) is 30.4 Å². The lowest BCUT2D eigenvalue weighted by atomic mass is 10.1. The molecule has 1 aliphatic rings. The van der Waals surface area contributed by atoms with Crippen LogP contribution in [-0.2, 0) is 0 Å². The highest BCUT2D eigenvalue weighted by Gasteiger charge is 2.25. The minimum Gasteiger partial charge on any atom is -0.383 e. The van der Waals surface area contributed by atoms with E-state index in [-0.39, 0.29) is 6.04 Å². The molecule has 6 nitrogen and oxygen atoms in total. The quantitative estimate of drug-likeness (QED) is 0.773. The number of alkyl halides is 1. The molecule has 21 heavy (non-hydrogen) atoms.